The second-order valence-corrected chi connectivity index (χ2v) is 8.38. The summed E-state index contributed by atoms with van der Waals surface area (Å²) in [6.07, 6.45) is 8.62. The van der Waals surface area contributed by atoms with Gasteiger partial charge in [-0.3, -0.25) is 4.79 Å². The highest BCUT2D eigenvalue weighted by atomic mass is 32.1. The molecule has 0 N–H and O–H groups in total. The number of nitrogens with zero attached hydrogens (tertiary/aromatic N) is 4. The Morgan fingerprint density at radius 3 is 2.89 bits per heavy atom. The molecule has 2 aliphatic rings. The number of carbonyl (C=O) groups is 1. The number of anilines is 1. The predicted octanol–water partition coefficient (Wildman–Crippen LogP) is 3.64. The first-order valence-electron chi connectivity index (χ1n) is 9.77. The lowest BCUT2D eigenvalue weighted by Crippen LogP contribution is -2.35. The minimum atomic E-state index is 0.163. The Hall–Kier alpha value is -2.39. The summed E-state index contributed by atoms with van der Waals surface area (Å²) >= 11 is 1.70. The van der Waals surface area contributed by atoms with Crippen molar-refractivity contribution in [3.63, 3.8) is 0 Å². The molecule has 0 saturated carbocycles. The first-order valence-corrected chi connectivity index (χ1v) is 10.6. The summed E-state index contributed by atoms with van der Waals surface area (Å²) in [5, 5.41) is 9.33. The highest BCUT2D eigenvalue weighted by molar-refractivity contribution is 7.14. The molecule has 2 aromatic heterocycles. The Kier molecular flexibility index (Phi) is 5.40. The van der Waals surface area contributed by atoms with Crippen LogP contribution in [0.15, 0.2) is 24.4 Å². The molecular weight excluding hydrogens is 356 g/mol. The molecule has 0 unspecified atom stereocenters. The van der Waals surface area contributed by atoms with Crippen molar-refractivity contribution in [1.29, 1.82) is 5.26 Å². The summed E-state index contributed by atoms with van der Waals surface area (Å²) in [4.78, 5) is 23.9. The molecule has 1 amide bonds. The van der Waals surface area contributed by atoms with Crippen molar-refractivity contribution in [2.45, 2.75) is 38.5 Å². The summed E-state index contributed by atoms with van der Waals surface area (Å²) in [5.74, 6) is 0.897. The summed E-state index contributed by atoms with van der Waals surface area (Å²) in [5.41, 5.74) is 1.99. The molecule has 2 aromatic rings. The zero-order valence-corrected chi connectivity index (χ0v) is 16.3. The number of pyridine rings is 1. The number of aryl methyl sites for hydroxylation is 2. The van der Waals surface area contributed by atoms with Gasteiger partial charge in [-0.25, -0.2) is 4.98 Å². The lowest BCUT2D eigenvalue weighted by Gasteiger charge is -2.23. The molecule has 1 aliphatic carbocycles. The molecule has 5 nitrogen and oxygen atoms in total. The van der Waals surface area contributed by atoms with Gasteiger partial charge in [-0.15, -0.1) is 11.3 Å². The normalized spacial score (nSPS) is 17.6. The second kappa shape index (κ2) is 8.10. The van der Waals surface area contributed by atoms with E-state index in [1.165, 1.54) is 29.7 Å². The van der Waals surface area contributed by atoms with Gasteiger partial charge in [-0.2, -0.15) is 5.26 Å². The van der Waals surface area contributed by atoms with Crippen LogP contribution in [0.25, 0.3) is 0 Å². The van der Waals surface area contributed by atoms with Gasteiger partial charge in [0, 0.05) is 37.3 Å². The Labute approximate surface area is 164 Å². The molecule has 3 heterocycles. The largest absolute Gasteiger partial charge is 0.354 e. The fourth-order valence-corrected chi connectivity index (χ4v) is 5.22. The molecule has 6 heteroatoms. The van der Waals surface area contributed by atoms with Crippen LogP contribution in [0, 0.1) is 11.3 Å². The Bertz CT molecular complexity index is 846. The molecule has 0 atom stereocenters. The van der Waals surface area contributed by atoms with E-state index in [1.807, 2.05) is 4.90 Å². The van der Waals surface area contributed by atoms with E-state index in [0.29, 0.717) is 18.7 Å². The van der Waals surface area contributed by atoms with Gasteiger partial charge in [0.2, 0.25) is 0 Å². The van der Waals surface area contributed by atoms with Crippen LogP contribution in [0.2, 0.25) is 0 Å². The van der Waals surface area contributed by atoms with Crippen LogP contribution in [-0.4, -0.2) is 42.0 Å². The number of nitriles is 1. The van der Waals surface area contributed by atoms with Gasteiger partial charge in [-0.1, -0.05) is 6.42 Å². The van der Waals surface area contributed by atoms with Crippen LogP contribution in [0.1, 0.15) is 51.4 Å². The molecule has 0 aromatic carbocycles. The zero-order valence-electron chi connectivity index (χ0n) is 15.5. The maximum absolute atomic E-state index is 13.1. The maximum Gasteiger partial charge on any atom is 0.263 e. The third kappa shape index (κ3) is 3.84. The van der Waals surface area contributed by atoms with Crippen molar-refractivity contribution in [1.82, 2.24) is 9.88 Å². The summed E-state index contributed by atoms with van der Waals surface area (Å²) in [7, 11) is 0. The summed E-state index contributed by atoms with van der Waals surface area (Å²) in [6.45, 7) is 2.95. The second-order valence-electron chi connectivity index (χ2n) is 7.24. The van der Waals surface area contributed by atoms with Gasteiger partial charge < -0.3 is 9.80 Å². The lowest BCUT2D eigenvalue weighted by atomic mass is 10.1. The molecule has 4 rings (SSSR count). The Morgan fingerprint density at radius 1 is 1.11 bits per heavy atom. The fraction of sp³-hybridized carbons (Fsp3) is 0.476. The maximum atomic E-state index is 13.1. The number of carbonyl (C=O) groups excluding carboxylic acids is 1. The molecule has 1 aliphatic heterocycles. The average molecular weight is 381 g/mol. The number of aromatic nitrogens is 1. The van der Waals surface area contributed by atoms with Crippen molar-refractivity contribution in [2.75, 3.05) is 31.1 Å². The molecule has 0 radical (unpaired) electrons. The fourth-order valence-electron chi connectivity index (χ4n) is 4.00. The van der Waals surface area contributed by atoms with E-state index in [2.05, 4.69) is 22.0 Å². The quantitative estimate of drug-likeness (QED) is 0.747. The van der Waals surface area contributed by atoms with Gasteiger partial charge in [0.25, 0.3) is 5.91 Å². The molecule has 0 spiro atoms. The van der Waals surface area contributed by atoms with Gasteiger partial charge >= 0.3 is 0 Å². The Balaban J connectivity index is 1.47. The smallest absolute Gasteiger partial charge is 0.263 e. The van der Waals surface area contributed by atoms with Crippen molar-refractivity contribution < 1.29 is 4.79 Å². The van der Waals surface area contributed by atoms with Crippen molar-refractivity contribution >= 4 is 23.1 Å². The van der Waals surface area contributed by atoms with Gasteiger partial charge in [0.05, 0.1) is 10.4 Å². The topological polar surface area (TPSA) is 60.2 Å². The highest BCUT2D eigenvalue weighted by Gasteiger charge is 2.24. The standard InChI is InChI=1S/C21H24N4OS/c22-15-17-7-4-9-23-20(17)24-10-5-11-25(13-12-24)21(26)19-14-16-6-2-1-3-8-18(16)27-19/h4,7,9,14H,1-3,5-6,8,10-13H2. The van der Waals surface area contributed by atoms with Crippen molar-refractivity contribution in [2.24, 2.45) is 0 Å². The van der Waals surface area contributed by atoms with Crippen LogP contribution < -0.4 is 4.90 Å². The third-order valence-corrected chi connectivity index (χ3v) is 6.67. The predicted molar refractivity (Wildman–Crippen MR) is 107 cm³/mol. The van der Waals surface area contributed by atoms with Crippen LogP contribution in [-0.2, 0) is 12.8 Å². The number of hydrogen-bond acceptors (Lipinski definition) is 5. The van der Waals surface area contributed by atoms with Crippen LogP contribution in [0.4, 0.5) is 5.82 Å². The van der Waals surface area contributed by atoms with Gasteiger partial charge in [-0.05, 0) is 55.9 Å². The minimum Gasteiger partial charge on any atom is -0.354 e. The van der Waals surface area contributed by atoms with Crippen LogP contribution in [0.5, 0.6) is 0 Å². The molecule has 140 valence electrons. The molecule has 27 heavy (non-hydrogen) atoms. The van der Waals surface area contributed by atoms with Crippen LogP contribution >= 0.6 is 11.3 Å². The average Bonchev–Trinajstić information content (AvgIpc) is 2.87. The van der Waals surface area contributed by atoms with E-state index >= 15 is 0 Å². The Morgan fingerprint density at radius 2 is 2.00 bits per heavy atom. The number of hydrogen-bond donors (Lipinski definition) is 0. The monoisotopic (exact) mass is 380 g/mol. The third-order valence-electron chi connectivity index (χ3n) is 5.45. The van der Waals surface area contributed by atoms with E-state index in [0.717, 1.165) is 43.0 Å². The first-order chi connectivity index (χ1) is 13.3. The molecule has 1 fully saturated rings. The summed E-state index contributed by atoms with van der Waals surface area (Å²) in [6, 6.07) is 7.95. The van der Waals surface area contributed by atoms with E-state index in [4.69, 9.17) is 0 Å². The van der Waals surface area contributed by atoms with E-state index in [9.17, 15) is 10.1 Å². The van der Waals surface area contributed by atoms with Crippen LogP contribution in [0.3, 0.4) is 0 Å². The number of rotatable bonds is 2. The van der Waals surface area contributed by atoms with Gasteiger partial charge in [0.15, 0.2) is 0 Å². The highest BCUT2D eigenvalue weighted by Crippen LogP contribution is 2.30. The first kappa shape index (κ1) is 18.0. The number of fused-ring (bicyclic) bond motifs is 1. The van der Waals surface area contributed by atoms with Crippen molar-refractivity contribution in [3.8, 4) is 6.07 Å². The van der Waals surface area contributed by atoms with Gasteiger partial charge in [0.1, 0.15) is 11.9 Å². The number of thiophene rings is 1. The molecular formula is C21H24N4OS. The minimum absolute atomic E-state index is 0.163. The lowest BCUT2D eigenvalue weighted by molar-refractivity contribution is 0.0772. The molecule has 1 saturated heterocycles. The van der Waals surface area contributed by atoms with E-state index in [-0.39, 0.29) is 5.91 Å². The number of amides is 1. The summed E-state index contributed by atoms with van der Waals surface area (Å²) < 4.78 is 0. The zero-order chi connectivity index (χ0) is 18.6. The SMILES string of the molecule is N#Cc1cccnc1N1CCCN(C(=O)c2cc3c(s2)CCCCC3)CC1. The van der Waals surface area contributed by atoms with E-state index in [1.54, 1.807) is 29.7 Å². The molecule has 0 bridgehead atoms. The van der Waals surface area contributed by atoms with Crippen molar-refractivity contribution in [3.05, 3.63) is 45.3 Å². The van der Waals surface area contributed by atoms with E-state index < -0.39 is 0 Å².